The van der Waals surface area contributed by atoms with E-state index in [2.05, 4.69) is 20.9 Å². The van der Waals surface area contributed by atoms with Crippen molar-refractivity contribution in [1.29, 1.82) is 0 Å². The van der Waals surface area contributed by atoms with Gasteiger partial charge < -0.3 is 25.4 Å². The van der Waals surface area contributed by atoms with Gasteiger partial charge >= 0.3 is 0 Å². The lowest BCUT2D eigenvalue weighted by Gasteiger charge is -2.17. The molecule has 50 heavy (non-hydrogen) atoms. The molecule has 5 aromatic carbocycles. The summed E-state index contributed by atoms with van der Waals surface area (Å²) in [7, 11) is 3.06. The maximum absolute atomic E-state index is 13.8. The van der Waals surface area contributed by atoms with Gasteiger partial charge in [-0.1, -0.05) is 78.1 Å². The van der Waals surface area contributed by atoms with Crippen molar-refractivity contribution < 1.29 is 23.9 Å². The van der Waals surface area contributed by atoms with Gasteiger partial charge in [-0.3, -0.25) is 14.4 Å². The molecule has 0 fully saturated rings. The Morgan fingerprint density at radius 3 is 2.26 bits per heavy atom. The topological polar surface area (TPSA) is 119 Å². The largest absolute Gasteiger partial charge is 0.497 e. The van der Waals surface area contributed by atoms with E-state index in [0.717, 1.165) is 20.7 Å². The number of ether oxygens (including phenoxy) is 2. The third-order valence-corrected chi connectivity index (χ3v) is 9.68. The minimum absolute atomic E-state index is 0.0131. The standard InChI is InChI=1S/C39H32N4O5S2/c1-47-29-20-21-33(48-2)27(22-29)23-32(41-36(44)26-14-7-4-8-15-26)37(45)40-28-16-11-17-30(24-28)49-35(25-12-5-3-6-13-25)38(46)43-39-42-31-18-9-10-19-34(31)50-39/h3-24,35H,1-2H3,(H,40,45)(H,41,44)(H,42,43,46)/b32-23+. The minimum Gasteiger partial charge on any atom is -0.497 e. The van der Waals surface area contributed by atoms with Crippen LogP contribution in [-0.2, 0) is 9.59 Å². The molecule has 0 aliphatic heterocycles. The average molecular weight is 701 g/mol. The fraction of sp³-hybridized carbons (Fsp3) is 0.0769. The number of rotatable bonds is 12. The van der Waals surface area contributed by atoms with Gasteiger partial charge in [0.15, 0.2) is 5.13 Å². The van der Waals surface area contributed by atoms with E-state index in [9.17, 15) is 14.4 Å². The number of aromatic nitrogens is 1. The van der Waals surface area contributed by atoms with Gasteiger partial charge in [0.2, 0.25) is 5.91 Å². The van der Waals surface area contributed by atoms with Gasteiger partial charge in [-0.15, -0.1) is 11.8 Å². The number of fused-ring (bicyclic) bond motifs is 1. The Balaban J connectivity index is 1.26. The monoisotopic (exact) mass is 700 g/mol. The summed E-state index contributed by atoms with van der Waals surface area (Å²) >= 11 is 2.76. The van der Waals surface area contributed by atoms with Crippen LogP contribution in [0.4, 0.5) is 10.8 Å². The number of thiazole rings is 1. The van der Waals surface area contributed by atoms with Crippen LogP contribution < -0.4 is 25.4 Å². The summed E-state index contributed by atoms with van der Waals surface area (Å²) in [5.41, 5.74) is 3.00. The predicted octanol–water partition coefficient (Wildman–Crippen LogP) is 8.20. The van der Waals surface area contributed by atoms with Gasteiger partial charge in [0.05, 0.1) is 24.4 Å². The van der Waals surface area contributed by atoms with Gasteiger partial charge in [-0.05, 0) is 72.3 Å². The lowest BCUT2D eigenvalue weighted by molar-refractivity contribution is -0.116. The molecule has 0 bridgehead atoms. The van der Waals surface area contributed by atoms with Crippen LogP contribution in [0.2, 0.25) is 0 Å². The fourth-order valence-corrected chi connectivity index (χ4v) is 6.98. The molecule has 9 nitrogen and oxygen atoms in total. The number of hydrogen-bond acceptors (Lipinski definition) is 8. The van der Waals surface area contributed by atoms with Crippen molar-refractivity contribution in [1.82, 2.24) is 10.3 Å². The third kappa shape index (κ3) is 8.38. The number of nitrogens with one attached hydrogen (secondary N) is 3. The van der Waals surface area contributed by atoms with Crippen LogP contribution in [0, 0.1) is 0 Å². The second kappa shape index (κ2) is 16.0. The molecule has 1 unspecified atom stereocenters. The number of carbonyl (C=O) groups is 3. The molecule has 11 heteroatoms. The first kappa shape index (κ1) is 34.0. The molecule has 0 aliphatic carbocycles. The number of anilines is 2. The molecule has 6 aromatic rings. The van der Waals surface area contributed by atoms with E-state index in [1.807, 2.05) is 60.7 Å². The van der Waals surface area contributed by atoms with Crippen molar-refractivity contribution in [2.45, 2.75) is 10.1 Å². The van der Waals surface area contributed by atoms with Crippen molar-refractivity contribution in [3.63, 3.8) is 0 Å². The second-order valence-corrected chi connectivity index (χ2v) is 13.1. The normalized spacial score (nSPS) is 11.8. The molecule has 0 saturated carbocycles. The van der Waals surface area contributed by atoms with E-state index in [1.165, 1.54) is 43.4 Å². The molecular formula is C39H32N4O5S2. The Labute approximate surface area is 297 Å². The summed E-state index contributed by atoms with van der Waals surface area (Å²) in [6.07, 6.45) is 1.54. The highest BCUT2D eigenvalue weighted by Crippen LogP contribution is 2.38. The number of carbonyl (C=O) groups excluding carboxylic acids is 3. The Bertz CT molecular complexity index is 2140. The zero-order valence-electron chi connectivity index (χ0n) is 27.1. The van der Waals surface area contributed by atoms with Gasteiger partial charge in [0, 0.05) is 21.7 Å². The second-order valence-electron chi connectivity index (χ2n) is 10.9. The van der Waals surface area contributed by atoms with Crippen LogP contribution in [-0.4, -0.2) is 36.9 Å². The van der Waals surface area contributed by atoms with Gasteiger partial charge in [0.1, 0.15) is 22.4 Å². The van der Waals surface area contributed by atoms with Crippen LogP contribution in [0.15, 0.2) is 138 Å². The summed E-state index contributed by atoms with van der Waals surface area (Å²) in [5, 5.41) is 8.56. The smallest absolute Gasteiger partial charge is 0.272 e. The van der Waals surface area contributed by atoms with E-state index in [1.54, 1.807) is 66.7 Å². The molecule has 0 radical (unpaired) electrons. The summed E-state index contributed by atoms with van der Waals surface area (Å²) in [6, 6.07) is 38.2. The number of methoxy groups -OCH3 is 2. The Morgan fingerprint density at radius 2 is 1.52 bits per heavy atom. The highest BCUT2D eigenvalue weighted by Gasteiger charge is 2.24. The molecule has 1 aromatic heterocycles. The lowest BCUT2D eigenvalue weighted by Crippen LogP contribution is -2.30. The first-order valence-corrected chi connectivity index (χ1v) is 17.2. The number of hydrogen-bond donors (Lipinski definition) is 3. The maximum Gasteiger partial charge on any atom is 0.272 e. The number of amides is 3. The molecule has 0 aliphatic rings. The summed E-state index contributed by atoms with van der Waals surface area (Å²) < 4.78 is 11.9. The number of para-hydroxylation sites is 1. The molecule has 6 rings (SSSR count). The predicted molar refractivity (Wildman–Crippen MR) is 200 cm³/mol. The minimum atomic E-state index is -0.615. The van der Waals surface area contributed by atoms with E-state index in [0.29, 0.717) is 33.4 Å². The first-order valence-electron chi connectivity index (χ1n) is 15.5. The van der Waals surface area contributed by atoms with Crippen LogP contribution in [0.5, 0.6) is 11.5 Å². The molecule has 0 spiro atoms. The van der Waals surface area contributed by atoms with Crippen molar-refractivity contribution in [2.24, 2.45) is 0 Å². The van der Waals surface area contributed by atoms with E-state index in [-0.39, 0.29) is 11.6 Å². The summed E-state index contributed by atoms with van der Waals surface area (Å²) in [6.45, 7) is 0. The molecule has 3 N–H and O–H groups in total. The first-order chi connectivity index (χ1) is 24.4. The maximum atomic E-state index is 13.8. The van der Waals surface area contributed by atoms with Crippen LogP contribution in [0.1, 0.15) is 26.7 Å². The Hall–Kier alpha value is -5.91. The zero-order chi connectivity index (χ0) is 34.9. The molecular weight excluding hydrogens is 669 g/mol. The lowest BCUT2D eigenvalue weighted by atomic mass is 10.1. The Kier molecular flexibility index (Phi) is 10.9. The quantitative estimate of drug-likeness (QED) is 0.0870. The fourth-order valence-electron chi connectivity index (χ4n) is 5.03. The van der Waals surface area contributed by atoms with Gasteiger partial charge in [0.25, 0.3) is 11.8 Å². The van der Waals surface area contributed by atoms with Crippen molar-refractivity contribution >= 4 is 67.9 Å². The van der Waals surface area contributed by atoms with Gasteiger partial charge in [-0.2, -0.15) is 0 Å². The summed E-state index contributed by atoms with van der Waals surface area (Å²) in [5.74, 6) is -0.205. The number of thioether (sulfide) groups is 1. The van der Waals surface area contributed by atoms with E-state index >= 15 is 0 Å². The summed E-state index contributed by atoms with van der Waals surface area (Å²) in [4.78, 5) is 46.1. The Morgan fingerprint density at radius 1 is 0.780 bits per heavy atom. The van der Waals surface area contributed by atoms with Crippen LogP contribution in [0.3, 0.4) is 0 Å². The zero-order valence-corrected chi connectivity index (χ0v) is 28.7. The number of benzene rings is 5. The van der Waals surface area contributed by atoms with Crippen molar-refractivity contribution in [3.05, 3.63) is 150 Å². The molecule has 3 amide bonds. The molecule has 1 atom stereocenters. The van der Waals surface area contributed by atoms with E-state index < -0.39 is 17.1 Å². The van der Waals surface area contributed by atoms with Gasteiger partial charge in [-0.25, -0.2) is 4.98 Å². The highest BCUT2D eigenvalue weighted by molar-refractivity contribution is 8.00. The van der Waals surface area contributed by atoms with Crippen LogP contribution >= 0.6 is 23.1 Å². The van der Waals surface area contributed by atoms with E-state index in [4.69, 9.17) is 9.47 Å². The van der Waals surface area contributed by atoms with Crippen molar-refractivity contribution in [3.8, 4) is 11.5 Å². The van der Waals surface area contributed by atoms with Crippen molar-refractivity contribution in [2.75, 3.05) is 24.9 Å². The van der Waals surface area contributed by atoms with Crippen LogP contribution in [0.25, 0.3) is 16.3 Å². The molecule has 1 heterocycles. The number of nitrogens with zero attached hydrogens (tertiary/aromatic N) is 1. The molecule has 0 saturated heterocycles. The average Bonchev–Trinajstić information content (AvgIpc) is 3.56. The molecule has 250 valence electrons. The highest BCUT2D eigenvalue weighted by atomic mass is 32.2. The third-order valence-electron chi connectivity index (χ3n) is 7.48. The SMILES string of the molecule is COc1ccc(OC)c(/C=C(/NC(=O)c2ccccc2)C(=O)Nc2cccc(SC(C(=O)Nc3nc4ccccc4s3)c3ccccc3)c2)c1.